The van der Waals surface area contributed by atoms with Gasteiger partial charge < -0.3 is 5.32 Å². The van der Waals surface area contributed by atoms with E-state index in [9.17, 15) is 0 Å². The third kappa shape index (κ3) is 2.45. The molecule has 0 saturated heterocycles. The fourth-order valence-electron chi connectivity index (χ4n) is 3.30. The summed E-state index contributed by atoms with van der Waals surface area (Å²) in [6, 6.07) is 15.6. The van der Waals surface area contributed by atoms with Gasteiger partial charge >= 0.3 is 0 Å². The van der Waals surface area contributed by atoms with Crippen LogP contribution in [-0.4, -0.2) is 5.54 Å². The number of benzene rings is 2. The average molecular weight is 265 g/mol. The highest BCUT2D eigenvalue weighted by Gasteiger charge is 2.29. The quantitative estimate of drug-likeness (QED) is 0.732. The lowest BCUT2D eigenvalue weighted by Gasteiger charge is -2.37. The number of hydrogen-bond donors (Lipinski definition) is 1. The van der Waals surface area contributed by atoms with Gasteiger partial charge in [0.15, 0.2) is 0 Å². The Balaban J connectivity index is 2.01. The summed E-state index contributed by atoms with van der Waals surface area (Å²) in [6.07, 6.45) is 1.18. The van der Waals surface area contributed by atoms with E-state index in [0.717, 1.165) is 0 Å². The van der Waals surface area contributed by atoms with Crippen molar-refractivity contribution in [2.24, 2.45) is 0 Å². The van der Waals surface area contributed by atoms with Gasteiger partial charge in [-0.25, -0.2) is 0 Å². The molecule has 2 aromatic carbocycles. The molecule has 0 radical (unpaired) electrons. The molecule has 0 aromatic heterocycles. The van der Waals surface area contributed by atoms with E-state index in [2.05, 4.69) is 75.5 Å². The van der Waals surface area contributed by atoms with Gasteiger partial charge in [0.05, 0.1) is 0 Å². The number of rotatable bonds is 1. The standard InChI is InChI=1S/C19H23N/c1-13-5-7-15(8-6-13)16-9-10-18-17(11-16)14(2)12-19(3,4)20-18/h5-11,14,20H,12H2,1-4H3. The summed E-state index contributed by atoms with van der Waals surface area (Å²) < 4.78 is 0. The van der Waals surface area contributed by atoms with Crippen molar-refractivity contribution in [3.63, 3.8) is 0 Å². The number of fused-ring (bicyclic) bond motifs is 1. The van der Waals surface area contributed by atoms with E-state index < -0.39 is 0 Å². The molecule has 1 N–H and O–H groups in total. The predicted molar refractivity (Wildman–Crippen MR) is 87.3 cm³/mol. The van der Waals surface area contributed by atoms with Crippen LogP contribution in [0.5, 0.6) is 0 Å². The second-order valence-corrected chi connectivity index (χ2v) is 6.78. The molecule has 0 fully saturated rings. The van der Waals surface area contributed by atoms with Gasteiger partial charge in [-0.2, -0.15) is 0 Å². The van der Waals surface area contributed by atoms with Crippen molar-refractivity contribution in [2.45, 2.75) is 45.6 Å². The highest BCUT2D eigenvalue weighted by molar-refractivity contribution is 5.70. The van der Waals surface area contributed by atoms with E-state index >= 15 is 0 Å². The van der Waals surface area contributed by atoms with Crippen LogP contribution in [0.1, 0.15) is 44.2 Å². The Morgan fingerprint density at radius 1 is 1.00 bits per heavy atom. The minimum atomic E-state index is 0.192. The van der Waals surface area contributed by atoms with Crippen LogP contribution in [0.15, 0.2) is 42.5 Å². The SMILES string of the molecule is Cc1ccc(-c2ccc3c(c2)C(C)CC(C)(C)N3)cc1. The maximum atomic E-state index is 3.65. The van der Waals surface area contributed by atoms with Crippen molar-refractivity contribution < 1.29 is 0 Å². The molecule has 1 atom stereocenters. The summed E-state index contributed by atoms with van der Waals surface area (Å²) in [6.45, 7) is 9.02. The molecule has 2 aromatic rings. The Kier molecular flexibility index (Phi) is 3.08. The maximum absolute atomic E-state index is 3.65. The summed E-state index contributed by atoms with van der Waals surface area (Å²) in [5.74, 6) is 0.603. The van der Waals surface area contributed by atoms with Crippen molar-refractivity contribution in [3.05, 3.63) is 53.6 Å². The molecular weight excluding hydrogens is 242 g/mol. The minimum absolute atomic E-state index is 0.192. The number of nitrogens with one attached hydrogen (secondary N) is 1. The molecular formula is C19H23N. The fourth-order valence-corrected chi connectivity index (χ4v) is 3.30. The first-order valence-corrected chi connectivity index (χ1v) is 7.44. The Morgan fingerprint density at radius 2 is 1.65 bits per heavy atom. The molecule has 1 heterocycles. The molecule has 0 amide bonds. The first-order chi connectivity index (χ1) is 9.44. The van der Waals surface area contributed by atoms with Gasteiger partial charge in [-0.05, 0) is 61.9 Å². The summed E-state index contributed by atoms with van der Waals surface area (Å²) in [7, 11) is 0. The monoisotopic (exact) mass is 265 g/mol. The highest BCUT2D eigenvalue weighted by atomic mass is 15.0. The minimum Gasteiger partial charge on any atom is -0.380 e. The van der Waals surface area contributed by atoms with Gasteiger partial charge in [-0.15, -0.1) is 0 Å². The van der Waals surface area contributed by atoms with Gasteiger partial charge in [0.25, 0.3) is 0 Å². The smallest absolute Gasteiger partial charge is 0.0380 e. The molecule has 104 valence electrons. The van der Waals surface area contributed by atoms with E-state index in [4.69, 9.17) is 0 Å². The van der Waals surface area contributed by atoms with Gasteiger partial charge in [-0.3, -0.25) is 0 Å². The molecule has 20 heavy (non-hydrogen) atoms. The van der Waals surface area contributed by atoms with E-state index in [1.807, 2.05) is 0 Å². The highest BCUT2D eigenvalue weighted by Crippen LogP contribution is 2.40. The second-order valence-electron chi connectivity index (χ2n) is 6.78. The first-order valence-electron chi connectivity index (χ1n) is 7.44. The van der Waals surface area contributed by atoms with Crippen molar-refractivity contribution in [3.8, 4) is 11.1 Å². The summed E-state index contributed by atoms with van der Waals surface area (Å²) >= 11 is 0. The molecule has 3 rings (SSSR count). The summed E-state index contributed by atoms with van der Waals surface area (Å²) in [5.41, 5.74) is 6.86. The van der Waals surface area contributed by atoms with Crippen LogP contribution in [-0.2, 0) is 0 Å². The number of hydrogen-bond acceptors (Lipinski definition) is 1. The molecule has 1 heteroatoms. The molecule has 1 aliphatic heterocycles. The summed E-state index contributed by atoms with van der Waals surface area (Å²) in [5, 5.41) is 3.65. The van der Waals surface area contributed by atoms with E-state index in [-0.39, 0.29) is 5.54 Å². The van der Waals surface area contributed by atoms with Gasteiger partial charge in [0.2, 0.25) is 0 Å². The van der Waals surface area contributed by atoms with Crippen LogP contribution in [0.3, 0.4) is 0 Å². The number of anilines is 1. The Bertz CT molecular complexity index is 623. The maximum Gasteiger partial charge on any atom is 0.0380 e. The third-order valence-corrected chi connectivity index (χ3v) is 4.26. The topological polar surface area (TPSA) is 12.0 Å². The third-order valence-electron chi connectivity index (χ3n) is 4.26. The normalized spacial score (nSPS) is 20.1. The molecule has 1 unspecified atom stereocenters. The molecule has 0 aliphatic carbocycles. The number of aryl methyl sites for hydroxylation is 1. The Hall–Kier alpha value is -1.76. The van der Waals surface area contributed by atoms with Crippen LogP contribution >= 0.6 is 0 Å². The van der Waals surface area contributed by atoms with Crippen LogP contribution in [0, 0.1) is 6.92 Å². The second kappa shape index (κ2) is 4.66. The Labute approximate surface area is 122 Å². The molecule has 0 bridgehead atoms. The van der Waals surface area contributed by atoms with Gasteiger partial charge in [0, 0.05) is 11.2 Å². The lowest BCUT2D eigenvalue weighted by atomic mass is 9.81. The molecule has 0 saturated carbocycles. The predicted octanol–water partition coefficient (Wildman–Crippen LogP) is 5.36. The van der Waals surface area contributed by atoms with Crippen molar-refractivity contribution in [2.75, 3.05) is 5.32 Å². The van der Waals surface area contributed by atoms with Crippen molar-refractivity contribution in [1.82, 2.24) is 0 Å². The molecule has 1 nitrogen and oxygen atoms in total. The zero-order chi connectivity index (χ0) is 14.3. The van der Waals surface area contributed by atoms with E-state index in [0.29, 0.717) is 5.92 Å². The van der Waals surface area contributed by atoms with Gasteiger partial charge in [-0.1, -0.05) is 42.8 Å². The zero-order valence-corrected chi connectivity index (χ0v) is 12.8. The average Bonchev–Trinajstić information content (AvgIpc) is 2.38. The molecule has 1 aliphatic rings. The molecule has 0 spiro atoms. The lowest BCUT2D eigenvalue weighted by Crippen LogP contribution is -2.36. The lowest BCUT2D eigenvalue weighted by molar-refractivity contribution is 0.454. The van der Waals surface area contributed by atoms with Crippen LogP contribution in [0.2, 0.25) is 0 Å². The fraction of sp³-hybridized carbons (Fsp3) is 0.368. The van der Waals surface area contributed by atoms with Crippen LogP contribution in [0.4, 0.5) is 5.69 Å². The summed E-state index contributed by atoms with van der Waals surface area (Å²) in [4.78, 5) is 0. The Morgan fingerprint density at radius 3 is 2.35 bits per heavy atom. The zero-order valence-electron chi connectivity index (χ0n) is 12.8. The van der Waals surface area contributed by atoms with Gasteiger partial charge in [0.1, 0.15) is 0 Å². The van der Waals surface area contributed by atoms with Crippen molar-refractivity contribution >= 4 is 5.69 Å². The van der Waals surface area contributed by atoms with Crippen LogP contribution < -0.4 is 5.32 Å². The van der Waals surface area contributed by atoms with E-state index in [1.165, 1.54) is 34.4 Å². The van der Waals surface area contributed by atoms with Crippen LogP contribution in [0.25, 0.3) is 11.1 Å². The largest absolute Gasteiger partial charge is 0.380 e. The first kappa shape index (κ1) is 13.2. The van der Waals surface area contributed by atoms with Crippen molar-refractivity contribution in [1.29, 1.82) is 0 Å². The van der Waals surface area contributed by atoms with E-state index in [1.54, 1.807) is 0 Å².